The zero-order valence-electron chi connectivity index (χ0n) is 14.9. The average molecular weight is 344 g/mol. The lowest BCUT2D eigenvalue weighted by molar-refractivity contribution is 0.175. The maximum Gasteiger partial charge on any atom is 0.317 e. The van der Waals surface area contributed by atoms with Gasteiger partial charge < -0.3 is 15.4 Å². The monoisotopic (exact) mass is 344 g/mol. The minimum absolute atomic E-state index is 0.258. The molecule has 0 saturated carbocycles. The summed E-state index contributed by atoms with van der Waals surface area (Å²) in [7, 11) is 0. The van der Waals surface area contributed by atoms with Gasteiger partial charge in [0.25, 0.3) is 0 Å². The molecule has 2 amide bonds. The van der Waals surface area contributed by atoms with Crippen molar-refractivity contribution in [2.75, 3.05) is 6.54 Å². The zero-order valence-corrected chi connectivity index (χ0v) is 14.9. The number of hydrogen-bond acceptors (Lipinski definition) is 2. The fraction of sp³-hybridized carbons (Fsp3) is 0.350. The lowest BCUT2D eigenvalue weighted by atomic mass is 10.0. The fourth-order valence-corrected chi connectivity index (χ4v) is 2.53. The number of carbonyl (C=O) groups is 1. The summed E-state index contributed by atoms with van der Waals surface area (Å²) in [5, 5.41) is 5.45. The van der Waals surface area contributed by atoms with Crippen molar-refractivity contribution in [2.24, 2.45) is 0 Å². The van der Waals surface area contributed by atoms with Gasteiger partial charge in [-0.15, -0.1) is 0 Å². The van der Waals surface area contributed by atoms with Crippen LogP contribution in [0.25, 0.3) is 0 Å². The van der Waals surface area contributed by atoms with E-state index >= 15 is 0 Å². The maximum absolute atomic E-state index is 13.5. The van der Waals surface area contributed by atoms with Gasteiger partial charge in [0.1, 0.15) is 11.6 Å². The first-order valence-electron chi connectivity index (χ1n) is 8.50. The first-order valence-corrected chi connectivity index (χ1v) is 8.50. The van der Waals surface area contributed by atoms with Gasteiger partial charge in [-0.05, 0) is 42.5 Å². The molecule has 2 rings (SSSR count). The molecule has 0 fully saturated rings. The second-order valence-corrected chi connectivity index (χ2v) is 6.19. The molecule has 0 radical (unpaired) electrons. The SMILES string of the molecule is CC(NC(=O)NCCc1ccccc1F)Oc1ccccc1C(C)C. The second kappa shape index (κ2) is 9.06. The summed E-state index contributed by atoms with van der Waals surface area (Å²) in [6.45, 7) is 6.31. The van der Waals surface area contributed by atoms with Crippen molar-refractivity contribution >= 4 is 6.03 Å². The minimum Gasteiger partial charge on any atom is -0.471 e. The van der Waals surface area contributed by atoms with Crippen LogP contribution < -0.4 is 15.4 Å². The Hall–Kier alpha value is -2.56. The Morgan fingerprint density at radius 1 is 1.08 bits per heavy atom. The third-order valence-electron chi connectivity index (χ3n) is 3.82. The van der Waals surface area contributed by atoms with Crippen LogP contribution in [0, 0.1) is 5.82 Å². The van der Waals surface area contributed by atoms with Gasteiger partial charge in [-0.3, -0.25) is 0 Å². The van der Waals surface area contributed by atoms with E-state index in [1.807, 2.05) is 24.3 Å². The molecule has 5 heteroatoms. The van der Waals surface area contributed by atoms with Crippen molar-refractivity contribution in [3.05, 3.63) is 65.5 Å². The molecule has 2 N–H and O–H groups in total. The maximum atomic E-state index is 13.5. The smallest absolute Gasteiger partial charge is 0.317 e. The van der Waals surface area contributed by atoms with E-state index in [1.165, 1.54) is 6.07 Å². The third-order valence-corrected chi connectivity index (χ3v) is 3.82. The Balaban J connectivity index is 1.80. The van der Waals surface area contributed by atoms with Crippen LogP contribution in [-0.2, 0) is 6.42 Å². The highest BCUT2D eigenvalue weighted by molar-refractivity contribution is 5.74. The zero-order chi connectivity index (χ0) is 18.2. The molecule has 0 aliphatic rings. The van der Waals surface area contributed by atoms with E-state index in [0.717, 1.165) is 11.3 Å². The molecule has 134 valence electrons. The Labute approximate surface area is 148 Å². The van der Waals surface area contributed by atoms with Gasteiger partial charge in [-0.1, -0.05) is 50.2 Å². The highest BCUT2D eigenvalue weighted by Crippen LogP contribution is 2.26. The molecule has 2 aromatic rings. The molecule has 4 nitrogen and oxygen atoms in total. The number of carbonyl (C=O) groups excluding carboxylic acids is 1. The number of amides is 2. The van der Waals surface area contributed by atoms with E-state index in [-0.39, 0.29) is 11.8 Å². The molecule has 1 atom stereocenters. The number of hydrogen-bond donors (Lipinski definition) is 2. The molecule has 0 aliphatic carbocycles. The van der Waals surface area contributed by atoms with Crippen molar-refractivity contribution in [3.8, 4) is 5.75 Å². The van der Waals surface area contributed by atoms with Crippen LogP contribution in [0.5, 0.6) is 5.75 Å². The largest absolute Gasteiger partial charge is 0.471 e. The summed E-state index contributed by atoms with van der Waals surface area (Å²) in [5.74, 6) is 0.835. The third kappa shape index (κ3) is 5.78. The minimum atomic E-state index is -0.478. The van der Waals surface area contributed by atoms with Crippen LogP contribution in [0.2, 0.25) is 0 Å². The summed E-state index contributed by atoms with van der Waals surface area (Å²) >= 11 is 0. The normalized spacial score (nSPS) is 11.9. The molecule has 2 aromatic carbocycles. The van der Waals surface area contributed by atoms with Crippen molar-refractivity contribution in [1.82, 2.24) is 10.6 Å². The standard InChI is InChI=1S/C20H25FN2O2/c1-14(2)17-9-5-7-11-19(17)25-15(3)23-20(24)22-13-12-16-8-4-6-10-18(16)21/h4-11,14-15H,12-13H2,1-3H3,(H2,22,23,24). The number of benzene rings is 2. The Kier molecular flexibility index (Phi) is 6.81. The number of nitrogens with one attached hydrogen (secondary N) is 2. The molecular weight excluding hydrogens is 319 g/mol. The topological polar surface area (TPSA) is 50.4 Å². The molecule has 0 heterocycles. The molecule has 0 aromatic heterocycles. The van der Waals surface area contributed by atoms with E-state index < -0.39 is 6.23 Å². The first kappa shape index (κ1) is 18.8. The lowest BCUT2D eigenvalue weighted by Crippen LogP contribution is -2.44. The van der Waals surface area contributed by atoms with E-state index in [4.69, 9.17) is 4.74 Å². The second-order valence-electron chi connectivity index (χ2n) is 6.19. The Bertz CT molecular complexity index is 704. The van der Waals surface area contributed by atoms with Crippen LogP contribution in [0.15, 0.2) is 48.5 Å². The van der Waals surface area contributed by atoms with Crippen LogP contribution in [-0.4, -0.2) is 18.8 Å². The van der Waals surface area contributed by atoms with Crippen molar-refractivity contribution < 1.29 is 13.9 Å². The summed E-state index contributed by atoms with van der Waals surface area (Å²) in [4.78, 5) is 11.9. The van der Waals surface area contributed by atoms with E-state index in [2.05, 4.69) is 24.5 Å². The number of halogens is 1. The summed E-state index contributed by atoms with van der Waals surface area (Å²) < 4.78 is 19.4. The van der Waals surface area contributed by atoms with Gasteiger partial charge in [0, 0.05) is 6.54 Å². The van der Waals surface area contributed by atoms with Crippen LogP contribution in [0.4, 0.5) is 9.18 Å². The van der Waals surface area contributed by atoms with Gasteiger partial charge in [0.2, 0.25) is 0 Å². The summed E-state index contributed by atoms with van der Waals surface area (Å²) in [6, 6.07) is 14.0. The molecule has 0 aliphatic heterocycles. The number of ether oxygens (including phenoxy) is 1. The van der Waals surface area contributed by atoms with Gasteiger partial charge in [-0.2, -0.15) is 0 Å². The van der Waals surface area contributed by atoms with Gasteiger partial charge >= 0.3 is 6.03 Å². The van der Waals surface area contributed by atoms with Crippen LogP contribution in [0.1, 0.15) is 37.8 Å². The molecule has 0 saturated heterocycles. The van der Waals surface area contributed by atoms with Crippen molar-refractivity contribution in [1.29, 1.82) is 0 Å². The lowest BCUT2D eigenvalue weighted by Gasteiger charge is -2.20. The number of rotatable bonds is 7. The quantitative estimate of drug-likeness (QED) is 0.739. The van der Waals surface area contributed by atoms with Gasteiger partial charge in [0.05, 0.1) is 0 Å². The predicted octanol–water partition coefficient (Wildman–Crippen LogP) is 4.22. The predicted molar refractivity (Wildman–Crippen MR) is 97.3 cm³/mol. The fourth-order valence-electron chi connectivity index (χ4n) is 2.53. The Morgan fingerprint density at radius 2 is 1.76 bits per heavy atom. The molecule has 1 unspecified atom stereocenters. The average Bonchev–Trinajstić information content (AvgIpc) is 2.56. The molecule has 0 bridgehead atoms. The van der Waals surface area contributed by atoms with Gasteiger partial charge in [-0.25, -0.2) is 9.18 Å². The number of para-hydroxylation sites is 1. The van der Waals surface area contributed by atoms with E-state index in [0.29, 0.717) is 24.4 Å². The molecular formula is C20H25FN2O2. The van der Waals surface area contributed by atoms with Crippen LogP contribution >= 0.6 is 0 Å². The van der Waals surface area contributed by atoms with Crippen molar-refractivity contribution in [2.45, 2.75) is 39.3 Å². The van der Waals surface area contributed by atoms with Crippen LogP contribution in [0.3, 0.4) is 0 Å². The molecule has 0 spiro atoms. The van der Waals surface area contributed by atoms with E-state index in [1.54, 1.807) is 25.1 Å². The summed E-state index contributed by atoms with van der Waals surface area (Å²) in [6.07, 6.45) is -0.0423. The summed E-state index contributed by atoms with van der Waals surface area (Å²) in [5.41, 5.74) is 1.68. The van der Waals surface area contributed by atoms with Crippen molar-refractivity contribution in [3.63, 3.8) is 0 Å². The van der Waals surface area contributed by atoms with E-state index in [9.17, 15) is 9.18 Å². The molecule has 25 heavy (non-hydrogen) atoms. The first-order chi connectivity index (χ1) is 12.0. The number of urea groups is 1. The van der Waals surface area contributed by atoms with Gasteiger partial charge in [0.15, 0.2) is 6.23 Å². The highest BCUT2D eigenvalue weighted by Gasteiger charge is 2.12. The Morgan fingerprint density at radius 3 is 2.48 bits per heavy atom. The highest BCUT2D eigenvalue weighted by atomic mass is 19.1.